The molecule has 2 aromatic rings. The zero-order valence-electron chi connectivity index (χ0n) is 12.3. The maximum atomic E-state index is 4.20. The number of aromatic nitrogens is 3. The largest absolute Gasteiger partial charge is 0.349 e. The highest BCUT2D eigenvalue weighted by atomic mass is 15.2. The predicted molar refractivity (Wildman–Crippen MR) is 78.0 cm³/mol. The highest BCUT2D eigenvalue weighted by Crippen LogP contribution is 2.22. The summed E-state index contributed by atoms with van der Waals surface area (Å²) in [6.07, 6.45) is 8.36. The average Bonchev–Trinajstić information content (AvgIpc) is 2.96. The lowest BCUT2D eigenvalue weighted by Crippen LogP contribution is -2.25. The fourth-order valence-corrected chi connectivity index (χ4v) is 2.46. The van der Waals surface area contributed by atoms with Gasteiger partial charge in [0.2, 0.25) is 0 Å². The molecule has 0 aromatic carbocycles. The summed E-state index contributed by atoms with van der Waals surface area (Å²) >= 11 is 0. The number of nitrogens with zero attached hydrogens (tertiary/aromatic N) is 3. The molecular weight excluding hydrogens is 236 g/mol. The standard InChI is InChI=1S/C15H24N4/c1-5-16-15(12(2)3)14-6-7-19(11-14)10-13-8-17-18(4)9-13/h6-9,11-12,15-16H,5,10H2,1-4H3. The van der Waals surface area contributed by atoms with Crippen molar-refractivity contribution in [3.63, 3.8) is 0 Å². The van der Waals surface area contributed by atoms with Crippen LogP contribution in [0.4, 0.5) is 0 Å². The van der Waals surface area contributed by atoms with Crippen LogP contribution in [-0.2, 0) is 13.6 Å². The van der Waals surface area contributed by atoms with Gasteiger partial charge >= 0.3 is 0 Å². The summed E-state index contributed by atoms with van der Waals surface area (Å²) in [5.74, 6) is 0.592. The molecule has 2 rings (SSSR count). The third kappa shape index (κ3) is 3.47. The van der Waals surface area contributed by atoms with Crippen LogP contribution in [0.2, 0.25) is 0 Å². The van der Waals surface area contributed by atoms with Crippen LogP contribution in [-0.4, -0.2) is 20.9 Å². The van der Waals surface area contributed by atoms with Crippen molar-refractivity contribution in [2.24, 2.45) is 13.0 Å². The van der Waals surface area contributed by atoms with Crippen LogP contribution >= 0.6 is 0 Å². The molecule has 4 nitrogen and oxygen atoms in total. The molecule has 2 heterocycles. The molecule has 1 unspecified atom stereocenters. The number of hydrogen-bond acceptors (Lipinski definition) is 2. The lowest BCUT2D eigenvalue weighted by molar-refractivity contribution is 0.421. The van der Waals surface area contributed by atoms with Gasteiger partial charge in [0, 0.05) is 37.2 Å². The highest BCUT2D eigenvalue weighted by molar-refractivity contribution is 5.18. The molecule has 0 saturated heterocycles. The SMILES string of the molecule is CCNC(c1ccn(Cc2cnn(C)c2)c1)C(C)C. The lowest BCUT2D eigenvalue weighted by Gasteiger charge is -2.20. The Bertz CT molecular complexity index is 510. The Morgan fingerprint density at radius 3 is 2.68 bits per heavy atom. The Balaban J connectivity index is 2.09. The lowest BCUT2D eigenvalue weighted by atomic mass is 9.98. The van der Waals surface area contributed by atoms with Gasteiger partial charge in [0.1, 0.15) is 0 Å². The minimum Gasteiger partial charge on any atom is -0.349 e. The first kappa shape index (κ1) is 13.9. The molecule has 4 heteroatoms. The fraction of sp³-hybridized carbons (Fsp3) is 0.533. The molecule has 19 heavy (non-hydrogen) atoms. The van der Waals surface area contributed by atoms with E-state index in [1.165, 1.54) is 11.1 Å². The van der Waals surface area contributed by atoms with E-state index in [-0.39, 0.29) is 0 Å². The van der Waals surface area contributed by atoms with Crippen molar-refractivity contribution in [2.75, 3.05) is 6.54 Å². The van der Waals surface area contributed by atoms with Gasteiger partial charge in [-0.1, -0.05) is 20.8 Å². The van der Waals surface area contributed by atoms with Gasteiger partial charge < -0.3 is 9.88 Å². The van der Waals surface area contributed by atoms with E-state index in [1.807, 2.05) is 17.9 Å². The summed E-state index contributed by atoms with van der Waals surface area (Å²) in [6.45, 7) is 8.54. The monoisotopic (exact) mass is 260 g/mol. The van der Waals surface area contributed by atoms with Crippen molar-refractivity contribution in [3.05, 3.63) is 42.0 Å². The summed E-state index contributed by atoms with van der Waals surface area (Å²) in [7, 11) is 1.95. The Labute approximate surface area is 115 Å². The van der Waals surface area contributed by atoms with Crippen LogP contribution in [0.1, 0.15) is 37.9 Å². The molecule has 0 aliphatic rings. The first-order valence-electron chi connectivity index (χ1n) is 6.96. The first-order valence-corrected chi connectivity index (χ1v) is 6.96. The molecule has 1 N–H and O–H groups in total. The van der Waals surface area contributed by atoms with Crippen molar-refractivity contribution in [1.29, 1.82) is 0 Å². The second-order valence-electron chi connectivity index (χ2n) is 5.42. The molecule has 0 saturated carbocycles. The third-order valence-corrected chi connectivity index (χ3v) is 3.35. The van der Waals surface area contributed by atoms with Crippen molar-refractivity contribution >= 4 is 0 Å². The third-order valence-electron chi connectivity index (χ3n) is 3.35. The molecule has 0 fully saturated rings. The van der Waals surface area contributed by atoms with Gasteiger partial charge in [-0.05, 0) is 24.1 Å². The first-order chi connectivity index (χ1) is 9.10. The molecule has 0 aliphatic heterocycles. The highest BCUT2D eigenvalue weighted by Gasteiger charge is 2.15. The van der Waals surface area contributed by atoms with Crippen molar-refractivity contribution in [1.82, 2.24) is 19.7 Å². The van der Waals surface area contributed by atoms with E-state index >= 15 is 0 Å². The molecule has 104 valence electrons. The molecule has 0 aliphatic carbocycles. The number of rotatable bonds is 6. The molecule has 1 atom stereocenters. The van der Waals surface area contributed by atoms with Gasteiger partial charge in [0.05, 0.1) is 12.7 Å². The van der Waals surface area contributed by atoms with Crippen LogP contribution in [0, 0.1) is 5.92 Å². The summed E-state index contributed by atoms with van der Waals surface area (Å²) in [5, 5.41) is 7.75. The van der Waals surface area contributed by atoms with Crippen LogP contribution in [0.25, 0.3) is 0 Å². The summed E-state index contributed by atoms with van der Waals surface area (Å²) in [4.78, 5) is 0. The molecule has 2 aromatic heterocycles. The average molecular weight is 260 g/mol. The molecule has 0 bridgehead atoms. The smallest absolute Gasteiger partial charge is 0.0539 e. The minimum absolute atomic E-state index is 0.431. The molecular formula is C15H24N4. The summed E-state index contributed by atoms with van der Waals surface area (Å²) in [6, 6.07) is 2.64. The van der Waals surface area contributed by atoms with Gasteiger partial charge in [-0.3, -0.25) is 4.68 Å². The Morgan fingerprint density at radius 2 is 2.11 bits per heavy atom. The van der Waals surface area contributed by atoms with E-state index in [0.29, 0.717) is 12.0 Å². The normalized spacial score (nSPS) is 13.1. The number of nitrogens with one attached hydrogen (secondary N) is 1. The van der Waals surface area contributed by atoms with Gasteiger partial charge in [0.25, 0.3) is 0 Å². The Kier molecular flexibility index (Phi) is 4.43. The van der Waals surface area contributed by atoms with E-state index in [0.717, 1.165) is 13.1 Å². The summed E-state index contributed by atoms with van der Waals surface area (Å²) in [5.41, 5.74) is 2.59. The van der Waals surface area contributed by atoms with Crippen LogP contribution in [0.5, 0.6) is 0 Å². The van der Waals surface area contributed by atoms with Gasteiger partial charge in [-0.2, -0.15) is 5.10 Å². The molecule has 0 spiro atoms. The topological polar surface area (TPSA) is 34.8 Å². The Hall–Kier alpha value is -1.55. The van der Waals surface area contributed by atoms with E-state index in [9.17, 15) is 0 Å². The van der Waals surface area contributed by atoms with Crippen molar-refractivity contribution in [2.45, 2.75) is 33.4 Å². The zero-order valence-corrected chi connectivity index (χ0v) is 12.3. The maximum Gasteiger partial charge on any atom is 0.0539 e. The maximum absolute atomic E-state index is 4.20. The second-order valence-corrected chi connectivity index (χ2v) is 5.42. The van der Waals surface area contributed by atoms with Crippen LogP contribution in [0.3, 0.4) is 0 Å². The van der Waals surface area contributed by atoms with Gasteiger partial charge in [-0.25, -0.2) is 0 Å². The van der Waals surface area contributed by atoms with Crippen molar-refractivity contribution < 1.29 is 0 Å². The molecule has 0 amide bonds. The Morgan fingerprint density at radius 1 is 1.32 bits per heavy atom. The van der Waals surface area contributed by atoms with E-state index in [2.05, 4.69) is 60.4 Å². The van der Waals surface area contributed by atoms with E-state index in [4.69, 9.17) is 0 Å². The van der Waals surface area contributed by atoms with E-state index < -0.39 is 0 Å². The summed E-state index contributed by atoms with van der Waals surface area (Å²) < 4.78 is 4.06. The number of hydrogen-bond donors (Lipinski definition) is 1. The molecule has 0 radical (unpaired) electrons. The fourth-order valence-electron chi connectivity index (χ4n) is 2.46. The number of aryl methyl sites for hydroxylation is 1. The van der Waals surface area contributed by atoms with Crippen LogP contribution < -0.4 is 5.32 Å². The van der Waals surface area contributed by atoms with Crippen LogP contribution in [0.15, 0.2) is 30.9 Å². The minimum atomic E-state index is 0.431. The van der Waals surface area contributed by atoms with E-state index in [1.54, 1.807) is 0 Å². The second kappa shape index (κ2) is 6.06. The van der Waals surface area contributed by atoms with Gasteiger partial charge in [0.15, 0.2) is 0 Å². The van der Waals surface area contributed by atoms with Crippen molar-refractivity contribution in [3.8, 4) is 0 Å². The predicted octanol–water partition coefficient (Wildman–Crippen LogP) is 2.58. The quantitative estimate of drug-likeness (QED) is 0.866. The zero-order chi connectivity index (χ0) is 13.8. The van der Waals surface area contributed by atoms with Gasteiger partial charge in [-0.15, -0.1) is 0 Å².